The van der Waals surface area contributed by atoms with Crippen molar-refractivity contribution in [2.24, 2.45) is 0 Å². The van der Waals surface area contributed by atoms with Crippen LogP contribution in [0.1, 0.15) is 37.7 Å². The molecule has 0 unspecified atom stereocenters. The Hall–Kier alpha value is -0.383. The molecule has 0 aliphatic heterocycles. The van der Waals surface area contributed by atoms with Crippen molar-refractivity contribution in [3.8, 4) is 0 Å². The van der Waals surface area contributed by atoms with Gasteiger partial charge >= 0.3 is 18.9 Å². The standard InChI is InChI=1S/C11H16N.Li/c1-8-6-10(11(3,4)5)7-9(2)12-8;/h6-7H,1H2,2-5H3;/q-1;+1. The summed E-state index contributed by atoms with van der Waals surface area (Å²) < 4.78 is 0. The van der Waals surface area contributed by atoms with Gasteiger partial charge in [0.15, 0.2) is 0 Å². The number of nitrogens with zero attached hydrogens (tertiary/aromatic N) is 1. The first-order chi connectivity index (χ1) is 5.39. The van der Waals surface area contributed by atoms with Gasteiger partial charge in [-0.25, -0.2) is 6.92 Å². The summed E-state index contributed by atoms with van der Waals surface area (Å²) in [5, 5.41) is 0. The first-order valence-corrected chi connectivity index (χ1v) is 4.21. The fourth-order valence-electron chi connectivity index (χ4n) is 1.17. The van der Waals surface area contributed by atoms with Gasteiger partial charge in [0.1, 0.15) is 0 Å². The Labute approximate surface area is 93.1 Å². The van der Waals surface area contributed by atoms with Crippen LogP contribution in [-0.2, 0) is 5.41 Å². The first kappa shape index (κ1) is 12.6. The van der Waals surface area contributed by atoms with Gasteiger partial charge in [0.05, 0.1) is 0 Å². The summed E-state index contributed by atoms with van der Waals surface area (Å²) in [4.78, 5) is 4.24. The smallest absolute Gasteiger partial charge is 0.293 e. The molecule has 1 rings (SSSR count). The van der Waals surface area contributed by atoms with Crippen LogP contribution in [-0.4, -0.2) is 4.98 Å². The minimum atomic E-state index is 0. The zero-order valence-corrected chi connectivity index (χ0v) is 9.31. The van der Waals surface area contributed by atoms with Crippen molar-refractivity contribution in [1.29, 1.82) is 0 Å². The van der Waals surface area contributed by atoms with E-state index in [2.05, 4.69) is 38.7 Å². The Kier molecular flexibility index (Phi) is 4.10. The fourth-order valence-corrected chi connectivity index (χ4v) is 1.17. The largest absolute Gasteiger partial charge is 1.00 e. The van der Waals surface area contributed by atoms with Gasteiger partial charge in [-0.05, 0) is 12.3 Å². The Morgan fingerprint density at radius 1 is 1.23 bits per heavy atom. The van der Waals surface area contributed by atoms with E-state index in [0.29, 0.717) is 0 Å². The maximum absolute atomic E-state index is 4.24. The molecule has 2 heteroatoms. The van der Waals surface area contributed by atoms with E-state index in [4.69, 9.17) is 0 Å². The van der Waals surface area contributed by atoms with Crippen molar-refractivity contribution in [2.45, 2.75) is 33.1 Å². The van der Waals surface area contributed by atoms with Crippen LogP contribution < -0.4 is 18.9 Å². The van der Waals surface area contributed by atoms with E-state index in [1.54, 1.807) is 0 Å². The molecule has 0 N–H and O–H groups in total. The molecule has 0 aromatic carbocycles. The molecule has 66 valence electrons. The SMILES string of the molecule is [CH2-]c1cc(C(C)(C)C)cc(C)n1.[Li+]. The fraction of sp³-hybridized carbons (Fsp3) is 0.455. The van der Waals surface area contributed by atoms with Crippen molar-refractivity contribution in [2.75, 3.05) is 0 Å². The van der Waals surface area contributed by atoms with Gasteiger partial charge in [0, 0.05) is 5.69 Å². The second-order valence-corrected chi connectivity index (χ2v) is 4.24. The normalized spacial score (nSPS) is 10.8. The van der Waals surface area contributed by atoms with E-state index in [1.165, 1.54) is 5.56 Å². The minimum absolute atomic E-state index is 0. The summed E-state index contributed by atoms with van der Waals surface area (Å²) in [6.07, 6.45) is 0. The maximum Gasteiger partial charge on any atom is 1.00 e. The van der Waals surface area contributed by atoms with Crippen LogP contribution in [0.2, 0.25) is 0 Å². The molecular formula is C11H16LiN. The van der Waals surface area contributed by atoms with E-state index >= 15 is 0 Å². The molecule has 0 radical (unpaired) electrons. The van der Waals surface area contributed by atoms with E-state index in [-0.39, 0.29) is 24.3 Å². The molecule has 0 spiro atoms. The molecule has 0 atom stereocenters. The quantitative estimate of drug-likeness (QED) is 0.389. The zero-order chi connectivity index (χ0) is 9.35. The van der Waals surface area contributed by atoms with Crippen molar-refractivity contribution in [3.05, 3.63) is 36.0 Å². The van der Waals surface area contributed by atoms with Gasteiger partial charge in [-0.15, -0.1) is 11.3 Å². The molecule has 0 aliphatic carbocycles. The van der Waals surface area contributed by atoms with Gasteiger partial charge in [0.2, 0.25) is 0 Å². The minimum Gasteiger partial charge on any atom is -0.293 e. The summed E-state index contributed by atoms with van der Waals surface area (Å²) >= 11 is 0. The molecule has 13 heavy (non-hydrogen) atoms. The predicted molar refractivity (Wildman–Crippen MR) is 52.1 cm³/mol. The Morgan fingerprint density at radius 2 is 1.77 bits per heavy atom. The number of rotatable bonds is 0. The third kappa shape index (κ3) is 3.46. The maximum atomic E-state index is 4.24. The summed E-state index contributed by atoms with van der Waals surface area (Å²) in [6, 6.07) is 4.17. The van der Waals surface area contributed by atoms with Crippen molar-refractivity contribution in [3.63, 3.8) is 0 Å². The second-order valence-electron chi connectivity index (χ2n) is 4.24. The number of aryl methyl sites for hydroxylation is 1. The molecule has 1 aromatic heterocycles. The van der Waals surface area contributed by atoms with Crippen LogP contribution >= 0.6 is 0 Å². The molecule has 0 aliphatic rings. The Morgan fingerprint density at radius 3 is 2.15 bits per heavy atom. The molecule has 1 nitrogen and oxygen atoms in total. The third-order valence-electron chi connectivity index (χ3n) is 1.87. The molecule has 1 heterocycles. The average molecular weight is 169 g/mol. The summed E-state index contributed by atoms with van der Waals surface area (Å²) in [6.45, 7) is 12.4. The average Bonchev–Trinajstić information content (AvgIpc) is 1.82. The number of hydrogen-bond acceptors (Lipinski definition) is 1. The number of aromatic nitrogens is 1. The zero-order valence-electron chi connectivity index (χ0n) is 9.31. The van der Waals surface area contributed by atoms with Crippen LogP contribution in [0, 0.1) is 13.8 Å². The van der Waals surface area contributed by atoms with E-state index < -0.39 is 0 Å². The Balaban J connectivity index is 0.00000144. The van der Waals surface area contributed by atoms with Crippen LogP contribution in [0.15, 0.2) is 12.1 Å². The van der Waals surface area contributed by atoms with Gasteiger partial charge in [0.25, 0.3) is 0 Å². The molecule has 0 amide bonds. The van der Waals surface area contributed by atoms with Gasteiger partial charge < -0.3 is 0 Å². The van der Waals surface area contributed by atoms with E-state index in [1.807, 2.05) is 13.0 Å². The molecular weight excluding hydrogens is 153 g/mol. The molecule has 0 saturated heterocycles. The topological polar surface area (TPSA) is 12.9 Å². The summed E-state index contributed by atoms with van der Waals surface area (Å²) in [5.41, 5.74) is 3.41. The molecule has 0 saturated carbocycles. The number of pyridine rings is 1. The Bertz CT molecular complexity index is 266. The molecule has 1 aromatic rings. The van der Waals surface area contributed by atoms with Crippen LogP contribution in [0.25, 0.3) is 0 Å². The van der Waals surface area contributed by atoms with Crippen LogP contribution in [0.4, 0.5) is 0 Å². The van der Waals surface area contributed by atoms with Crippen LogP contribution in [0.3, 0.4) is 0 Å². The number of hydrogen-bond donors (Lipinski definition) is 0. The second kappa shape index (κ2) is 4.22. The molecule has 0 bridgehead atoms. The van der Waals surface area contributed by atoms with E-state index in [0.717, 1.165) is 11.4 Å². The van der Waals surface area contributed by atoms with Crippen molar-refractivity contribution >= 4 is 0 Å². The first-order valence-electron chi connectivity index (χ1n) is 4.21. The third-order valence-corrected chi connectivity index (χ3v) is 1.87. The predicted octanol–water partition coefficient (Wildman–Crippen LogP) is -0.126. The molecule has 0 fully saturated rings. The van der Waals surface area contributed by atoms with Gasteiger partial charge in [-0.1, -0.05) is 26.8 Å². The van der Waals surface area contributed by atoms with Crippen LogP contribution in [0.5, 0.6) is 0 Å². The van der Waals surface area contributed by atoms with E-state index in [9.17, 15) is 0 Å². The van der Waals surface area contributed by atoms with Gasteiger partial charge in [-0.3, -0.25) is 4.98 Å². The summed E-state index contributed by atoms with van der Waals surface area (Å²) in [7, 11) is 0. The van der Waals surface area contributed by atoms with Crippen molar-refractivity contribution in [1.82, 2.24) is 4.98 Å². The van der Waals surface area contributed by atoms with Crippen molar-refractivity contribution < 1.29 is 18.9 Å². The monoisotopic (exact) mass is 169 g/mol. The van der Waals surface area contributed by atoms with Gasteiger partial charge in [-0.2, -0.15) is 6.07 Å². The summed E-state index contributed by atoms with van der Waals surface area (Å²) in [5.74, 6) is 0.